The molecule has 1 atom stereocenters. The van der Waals surface area contributed by atoms with Crippen LogP contribution in [0.3, 0.4) is 0 Å². The lowest BCUT2D eigenvalue weighted by molar-refractivity contribution is -0.274. The van der Waals surface area contributed by atoms with Gasteiger partial charge in [0, 0.05) is 0 Å². The molecule has 118 valence electrons. The molecular weight excluding hydrogens is 287 g/mol. The maximum Gasteiger partial charge on any atom is 0.573 e. The fourth-order valence-electron chi connectivity index (χ4n) is 1.53. The summed E-state index contributed by atoms with van der Waals surface area (Å²) in [5, 5.41) is 2.60. The summed E-state index contributed by atoms with van der Waals surface area (Å²) in [6, 6.07) is 4.87. The highest BCUT2D eigenvalue weighted by molar-refractivity contribution is 5.68. The lowest BCUT2D eigenvalue weighted by atomic mass is 10.1. The van der Waals surface area contributed by atoms with E-state index in [1.807, 2.05) is 0 Å². The average molecular weight is 305 g/mol. The summed E-state index contributed by atoms with van der Waals surface area (Å²) < 4.78 is 45.0. The molecule has 0 saturated heterocycles. The lowest BCUT2D eigenvalue weighted by Gasteiger charge is -2.22. The molecule has 21 heavy (non-hydrogen) atoms. The molecule has 1 amide bonds. The van der Waals surface area contributed by atoms with Crippen LogP contribution in [0.25, 0.3) is 0 Å². The van der Waals surface area contributed by atoms with Crippen molar-refractivity contribution in [2.75, 3.05) is 0 Å². The van der Waals surface area contributed by atoms with Gasteiger partial charge in [-0.25, -0.2) is 4.79 Å². The largest absolute Gasteiger partial charge is 0.573 e. The molecule has 7 heteroatoms. The van der Waals surface area contributed by atoms with Crippen LogP contribution in [-0.4, -0.2) is 18.1 Å². The first-order chi connectivity index (χ1) is 9.46. The van der Waals surface area contributed by atoms with Crippen LogP contribution in [0.4, 0.5) is 18.0 Å². The van der Waals surface area contributed by atoms with E-state index in [0.717, 1.165) is 0 Å². The van der Waals surface area contributed by atoms with Gasteiger partial charge >= 0.3 is 12.5 Å². The third-order valence-electron chi connectivity index (χ3n) is 2.35. The molecule has 0 aliphatic carbocycles. The molecule has 0 radical (unpaired) electrons. The van der Waals surface area contributed by atoms with Crippen LogP contribution in [0.2, 0.25) is 0 Å². The summed E-state index contributed by atoms with van der Waals surface area (Å²) in [5.74, 6) is -0.310. The molecule has 0 aromatic heterocycles. The maximum absolute atomic E-state index is 12.0. The Morgan fingerprint density at radius 3 is 2.10 bits per heavy atom. The normalized spacial score (nSPS) is 13.5. The molecule has 0 fully saturated rings. The van der Waals surface area contributed by atoms with Crippen molar-refractivity contribution in [1.82, 2.24) is 5.32 Å². The minimum absolute atomic E-state index is 0.310. The number of carbonyl (C=O) groups is 1. The number of rotatable bonds is 3. The zero-order valence-corrected chi connectivity index (χ0v) is 12.2. The van der Waals surface area contributed by atoms with E-state index in [0.29, 0.717) is 5.56 Å². The smallest absolute Gasteiger partial charge is 0.444 e. The minimum Gasteiger partial charge on any atom is -0.444 e. The highest BCUT2D eigenvalue weighted by Gasteiger charge is 2.31. The number of hydrogen-bond donors (Lipinski definition) is 1. The van der Waals surface area contributed by atoms with Crippen molar-refractivity contribution in [2.45, 2.75) is 45.7 Å². The second-order valence-electron chi connectivity index (χ2n) is 5.48. The van der Waals surface area contributed by atoms with Gasteiger partial charge in [-0.3, -0.25) is 0 Å². The number of carbonyl (C=O) groups excluding carboxylic acids is 1. The van der Waals surface area contributed by atoms with Crippen LogP contribution in [0.1, 0.15) is 39.3 Å². The van der Waals surface area contributed by atoms with Gasteiger partial charge in [0.25, 0.3) is 0 Å². The van der Waals surface area contributed by atoms with Gasteiger partial charge in [-0.2, -0.15) is 0 Å². The van der Waals surface area contributed by atoms with Crippen LogP contribution in [-0.2, 0) is 4.74 Å². The Hall–Kier alpha value is -1.92. The van der Waals surface area contributed by atoms with Crippen LogP contribution < -0.4 is 10.1 Å². The predicted octanol–water partition coefficient (Wildman–Crippen LogP) is 4.17. The Bertz CT molecular complexity index is 478. The third-order valence-corrected chi connectivity index (χ3v) is 2.35. The molecule has 0 unspecified atom stereocenters. The number of alkyl carbamates (subject to hydrolysis) is 1. The first-order valence-electron chi connectivity index (χ1n) is 6.31. The monoisotopic (exact) mass is 305 g/mol. The summed E-state index contributed by atoms with van der Waals surface area (Å²) in [5.41, 5.74) is 0.0178. The van der Waals surface area contributed by atoms with Crippen LogP contribution in [0.5, 0.6) is 5.75 Å². The number of nitrogens with one attached hydrogen (secondary N) is 1. The number of hydrogen-bond acceptors (Lipinski definition) is 3. The molecule has 4 nitrogen and oxygen atoms in total. The number of halogens is 3. The van der Waals surface area contributed by atoms with Gasteiger partial charge in [0.15, 0.2) is 0 Å². The second-order valence-corrected chi connectivity index (χ2v) is 5.48. The fraction of sp³-hybridized carbons (Fsp3) is 0.500. The zero-order chi connectivity index (χ0) is 16.3. The van der Waals surface area contributed by atoms with Crippen LogP contribution in [0, 0.1) is 0 Å². The highest BCUT2D eigenvalue weighted by atomic mass is 19.4. The van der Waals surface area contributed by atoms with Gasteiger partial charge in [0.2, 0.25) is 0 Å². The van der Waals surface area contributed by atoms with Gasteiger partial charge in [-0.1, -0.05) is 12.1 Å². The van der Waals surface area contributed by atoms with Gasteiger partial charge < -0.3 is 14.8 Å². The number of alkyl halides is 3. The van der Waals surface area contributed by atoms with Crippen molar-refractivity contribution in [2.24, 2.45) is 0 Å². The fourth-order valence-corrected chi connectivity index (χ4v) is 1.53. The summed E-state index contributed by atoms with van der Waals surface area (Å²) in [4.78, 5) is 11.6. The standard InChI is InChI=1S/C14H18F3NO3/c1-9(18-12(19)21-13(2,3)4)10-5-7-11(8-6-10)20-14(15,16)17/h5-9H,1-4H3,(H,18,19)/t9-/m0/s1. The Morgan fingerprint density at radius 2 is 1.67 bits per heavy atom. The van der Waals surface area contributed by atoms with E-state index >= 15 is 0 Å². The molecule has 1 aromatic rings. The minimum atomic E-state index is -4.72. The summed E-state index contributed by atoms with van der Waals surface area (Å²) in [7, 11) is 0. The van der Waals surface area contributed by atoms with Crippen molar-refractivity contribution in [3.8, 4) is 5.75 Å². The van der Waals surface area contributed by atoms with E-state index < -0.39 is 24.1 Å². The number of benzene rings is 1. The molecule has 1 rings (SSSR count). The van der Waals surface area contributed by atoms with Gasteiger partial charge in [0.1, 0.15) is 11.4 Å². The van der Waals surface area contributed by atoms with E-state index in [1.165, 1.54) is 24.3 Å². The van der Waals surface area contributed by atoms with Crippen molar-refractivity contribution >= 4 is 6.09 Å². The van der Waals surface area contributed by atoms with E-state index in [9.17, 15) is 18.0 Å². The summed E-state index contributed by atoms with van der Waals surface area (Å²) in [6.45, 7) is 6.91. The molecular formula is C14H18F3NO3. The second kappa shape index (κ2) is 6.24. The van der Waals surface area contributed by atoms with Crippen molar-refractivity contribution in [3.63, 3.8) is 0 Å². The highest BCUT2D eigenvalue weighted by Crippen LogP contribution is 2.24. The predicted molar refractivity (Wildman–Crippen MR) is 70.9 cm³/mol. The molecule has 0 heterocycles. The van der Waals surface area contributed by atoms with E-state index in [-0.39, 0.29) is 5.75 Å². The Balaban J connectivity index is 2.63. The molecule has 0 bridgehead atoms. The topological polar surface area (TPSA) is 47.6 Å². The SMILES string of the molecule is C[C@H](NC(=O)OC(C)(C)C)c1ccc(OC(F)(F)F)cc1. The molecule has 0 aliphatic rings. The Morgan fingerprint density at radius 1 is 1.14 bits per heavy atom. The Labute approximate surface area is 121 Å². The maximum atomic E-state index is 12.0. The third kappa shape index (κ3) is 6.87. The lowest BCUT2D eigenvalue weighted by Crippen LogP contribution is -2.34. The number of amides is 1. The van der Waals surface area contributed by atoms with Crippen LogP contribution >= 0.6 is 0 Å². The van der Waals surface area contributed by atoms with Crippen LogP contribution in [0.15, 0.2) is 24.3 Å². The molecule has 1 aromatic carbocycles. The summed E-state index contributed by atoms with van der Waals surface area (Å²) in [6.07, 6.45) is -5.31. The first kappa shape index (κ1) is 17.1. The molecule has 0 spiro atoms. The van der Waals surface area contributed by atoms with Gasteiger partial charge in [-0.05, 0) is 45.4 Å². The van der Waals surface area contributed by atoms with E-state index in [4.69, 9.17) is 4.74 Å². The van der Waals surface area contributed by atoms with E-state index in [1.54, 1.807) is 27.7 Å². The van der Waals surface area contributed by atoms with Crippen molar-refractivity contribution in [1.29, 1.82) is 0 Å². The van der Waals surface area contributed by atoms with Gasteiger partial charge in [-0.15, -0.1) is 13.2 Å². The van der Waals surface area contributed by atoms with E-state index in [2.05, 4.69) is 10.1 Å². The summed E-state index contributed by atoms with van der Waals surface area (Å²) >= 11 is 0. The van der Waals surface area contributed by atoms with Crippen molar-refractivity contribution < 1.29 is 27.4 Å². The van der Waals surface area contributed by atoms with Crippen molar-refractivity contribution in [3.05, 3.63) is 29.8 Å². The number of ether oxygens (including phenoxy) is 2. The first-order valence-corrected chi connectivity index (χ1v) is 6.31. The van der Waals surface area contributed by atoms with Gasteiger partial charge in [0.05, 0.1) is 6.04 Å². The Kier molecular flexibility index (Phi) is 5.09. The average Bonchev–Trinajstić information content (AvgIpc) is 2.24. The molecule has 0 aliphatic heterocycles. The molecule has 0 saturated carbocycles. The molecule has 1 N–H and O–H groups in total. The zero-order valence-electron chi connectivity index (χ0n) is 12.2. The quantitative estimate of drug-likeness (QED) is 0.911.